The molecule has 0 amide bonds. The van der Waals surface area contributed by atoms with Crippen LogP contribution in [0.5, 0.6) is 0 Å². The van der Waals surface area contributed by atoms with Crippen molar-refractivity contribution in [2.75, 3.05) is 0 Å². The standard InChI is InChI=1S/C26H29N7OS/c1-3-4-9-24-28-17(2)20(14-15-23(27)35)26(34)33(24)16-18-10-12-19(13-11-18)21-7-5-6-8-22(21)25-29-31-32-30-25/h5-8,10-13H,3-4,9,14-16H2,1-2H3,(H2,27,35)(H,29,30,31,32). The van der Waals surface area contributed by atoms with Gasteiger partial charge in [-0.1, -0.05) is 74.1 Å². The van der Waals surface area contributed by atoms with Gasteiger partial charge in [0.2, 0.25) is 0 Å². The third-order valence-corrected chi connectivity index (χ3v) is 6.26. The van der Waals surface area contributed by atoms with Crippen LogP contribution in [-0.4, -0.2) is 35.2 Å². The smallest absolute Gasteiger partial charge is 0.257 e. The van der Waals surface area contributed by atoms with E-state index < -0.39 is 0 Å². The lowest BCUT2D eigenvalue weighted by molar-refractivity contribution is 0.622. The van der Waals surface area contributed by atoms with Crippen LogP contribution in [0.25, 0.3) is 22.5 Å². The van der Waals surface area contributed by atoms with E-state index in [9.17, 15) is 4.79 Å². The number of tetrazole rings is 1. The van der Waals surface area contributed by atoms with Gasteiger partial charge in [0.1, 0.15) is 5.82 Å². The molecule has 180 valence electrons. The van der Waals surface area contributed by atoms with Crippen molar-refractivity contribution < 1.29 is 0 Å². The van der Waals surface area contributed by atoms with Gasteiger partial charge < -0.3 is 5.73 Å². The Hall–Kier alpha value is -3.72. The minimum absolute atomic E-state index is 0.00732. The van der Waals surface area contributed by atoms with Crippen LogP contribution < -0.4 is 11.3 Å². The summed E-state index contributed by atoms with van der Waals surface area (Å²) in [6.07, 6.45) is 3.78. The topological polar surface area (TPSA) is 115 Å². The second-order valence-corrected chi connectivity index (χ2v) is 9.07. The largest absolute Gasteiger partial charge is 0.393 e. The summed E-state index contributed by atoms with van der Waals surface area (Å²) in [5.41, 5.74) is 11.1. The minimum atomic E-state index is -0.00732. The Morgan fingerprint density at radius 1 is 1.09 bits per heavy atom. The van der Waals surface area contributed by atoms with Gasteiger partial charge in [-0.2, -0.15) is 0 Å². The predicted octanol–water partition coefficient (Wildman–Crippen LogP) is 4.01. The van der Waals surface area contributed by atoms with Crippen LogP contribution in [0.15, 0.2) is 53.3 Å². The Balaban J connectivity index is 1.66. The molecular formula is C26H29N7OS. The number of aryl methyl sites for hydroxylation is 2. The molecule has 2 aromatic carbocycles. The third-order valence-electron chi connectivity index (χ3n) is 6.06. The fourth-order valence-electron chi connectivity index (χ4n) is 4.17. The van der Waals surface area contributed by atoms with E-state index in [1.54, 1.807) is 4.57 Å². The van der Waals surface area contributed by atoms with Crippen molar-refractivity contribution in [2.24, 2.45) is 5.73 Å². The second kappa shape index (κ2) is 11.1. The summed E-state index contributed by atoms with van der Waals surface area (Å²) >= 11 is 5.03. The first-order chi connectivity index (χ1) is 17.0. The third kappa shape index (κ3) is 5.68. The van der Waals surface area contributed by atoms with Gasteiger partial charge in [-0.25, -0.2) is 10.1 Å². The summed E-state index contributed by atoms with van der Waals surface area (Å²) in [6, 6.07) is 16.2. The number of thiocarbonyl (C=S) groups is 1. The van der Waals surface area contributed by atoms with Crippen molar-refractivity contribution in [1.82, 2.24) is 30.2 Å². The summed E-state index contributed by atoms with van der Waals surface area (Å²) in [5, 5.41) is 14.3. The molecule has 0 radical (unpaired) electrons. The second-order valence-electron chi connectivity index (χ2n) is 8.55. The fraction of sp³-hybridized carbons (Fsp3) is 0.308. The SMILES string of the molecule is CCCCc1nc(C)c(CCC(N)=S)c(=O)n1Cc1ccc(-c2ccccc2-c2nnn[nH]2)cc1. The molecule has 0 aliphatic heterocycles. The van der Waals surface area contributed by atoms with Crippen LogP contribution in [-0.2, 0) is 19.4 Å². The maximum atomic E-state index is 13.5. The maximum absolute atomic E-state index is 13.5. The lowest BCUT2D eigenvalue weighted by Gasteiger charge is -2.16. The molecule has 0 saturated heterocycles. The highest BCUT2D eigenvalue weighted by Gasteiger charge is 2.15. The van der Waals surface area contributed by atoms with Gasteiger partial charge in [-0.05, 0) is 46.9 Å². The number of hydrogen-bond acceptors (Lipinski definition) is 6. The Morgan fingerprint density at radius 3 is 2.49 bits per heavy atom. The average Bonchev–Trinajstić information content (AvgIpc) is 3.40. The van der Waals surface area contributed by atoms with Gasteiger partial charge in [-0.15, -0.1) is 5.10 Å². The lowest BCUT2D eigenvalue weighted by Crippen LogP contribution is -2.30. The van der Waals surface area contributed by atoms with Crippen LogP contribution in [0, 0.1) is 6.92 Å². The van der Waals surface area contributed by atoms with E-state index in [0.717, 1.165) is 53.0 Å². The number of hydrogen-bond donors (Lipinski definition) is 2. The first kappa shape index (κ1) is 24.4. The van der Waals surface area contributed by atoms with E-state index >= 15 is 0 Å². The molecule has 0 unspecified atom stereocenters. The predicted molar refractivity (Wildman–Crippen MR) is 141 cm³/mol. The highest BCUT2D eigenvalue weighted by Crippen LogP contribution is 2.29. The van der Waals surface area contributed by atoms with E-state index in [0.29, 0.717) is 35.8 Å². The number of nitrogens with zero attached hydrogens (tertiary/aromatic N) is 5. The quantitative estimate of drug-likeness (QED) is 0.325. The van der Waals surface area contributed by atoms with Crippen molar-refractivity contribution in [3.8, 4) is 22.5 Å². The van der Waals surface area contributed by atoms with Crippen molar-refractivity contribution in [3.05, 3.63) is 81.5 Å². The molecule has 2 aromatic heterocycles. The molecule has 3 N–H and O–H groups in total. The highest BCUT2D eigenvalue weighted by atomic mass is 32.1. The van der Waals surface area contributed by atoms with Gasteiger partial charge in [0.05, 0.1) is 11.5 Å². The number of aromatic nitrogens is 6. The minimum Gasteiger partial charge on any atom is -0.393 e. The highest BCUT2D eigenvalue weighted by molar-refractivity contribution is 7.80. The van der Waals surface area contributed by atoms with E-state index in [2.05, 4.69) is 51.8 Å². The van der Waals surface area contributed by atoms with Gasteiger partial charge in [0, 0.05) is 29.7 Å². The van der Waals surface area contributed by atoms with E-state index in [1.807, 2.05) is 31.2 Å². The summed E-state index contributed by atoms with van der Waals surface area (Å²) in [4.78, 5) is 18.7. The summed E-state index contributed by atoms with van der Waals surface area (Å²) in [7, 11) is 0. The van der Waals surface area contributed by atoms with Gasteiger partial charge in [-0.3, -0.25) is 9.36 Å². The average molecular weight is 488 g/mol. The summed E-state index contributed by atoms with van der Waals surface area (Å²) in [6.45, 7) is 4.49. The number of unbranched alkanes of at least 4 members (excludes halogenated alkanes) is 1. The maximum Gasteiger partial charge on any atom is 0.257 e. The molecule has 9 heteroatoms. The zero-order valence-corrected chi connectivity index (χ0v) is 20.8. The molecule has 2 heterocycles. The fourth-order valence-corrected chi connectivity index (χ4v) is 4.27. The normalized spacial score (nSPS) is 11.0. The van der Waals surface area contributed by atoms with Gasteiger partial charge in [0.15, 0.2) is 5.82 Å². The van der Waals surface area contributed by atoms with E-state index in [4.69, 9.17) is 22.9 Å². The molecule has 4 rings (SSSR count). The molecule has 35 heavy (non-hydrogen) atoms. The number of rotatable bonds is 10. The monoisotopic (exact) mass is 487 g/mol. The van der Waals surface area contributed by atoms with E-state index in [1.165, 1.54) is 0 Å². The molecular weight excluding hydrogens is 458 g/mol. The molecule has 0 aliphatic rings. The molecule has 8 nitrogen and oxygen atoms in total. The molecule has 0 bridgehead atoms. The molecule has 0 atom stereocenters. The summed E-state index contributed by atoms with van der Waals surface area (Å²) in [5.74, 6) is 1.44. The first-order valence-corrected chi connectivity index (χ1v) is 12.2. The van der Waals surface area contributed by atoms with Crippen LogP contribution in [0.1, 0.15) is 48.8 Å². The summed E-state index contributed by atoms with van der Waals surface area (Å²) < 4.78 is 1.81. The molecule has 0 fully saturated rings. The number of nitrogens with two attached hydrogens (primary N) is 1. The van der Waals surface area contributed by atoms with Gasteiger partial charge >= 0.3 is 0 Å². The van der Waals surface area contributed by atoms with Crippen LogP contribution in [0.4, 0.5) is 0 Å². The van der Waals surface area contributed by atoms with Crippen LogP contribution in [0.2, 0.25) is 0 Å². The molecule has 0 saturated carbocycles. The van der Waals surface area contributed by atoms with Crippen molar-refractivity contribution in [3.63, 3.8) is 0 Å². The van der Waals surface area contributed by atoms with Crippen LogP contribution in [0.3, 0.4) is 0 Å². The number of H-pyrrole nitrogens is 1. The zero-order chi connectivity index (χ0) is 24.8. The number of nitrogens with one attached hydrogen (secondary N) is 1. The van der Waals surface area contributed by atoms with Crippen molar-refractivity contribution in [2.45, 2.75) is 52.5 Å². The Labute approximate surface area is 209 Å². The van der Waals surface area contributed by atoms with Gasteiger partial charge in [0.25, 0.3) is 5.56 Å². The number of benzene rings is 2. The molecule has 0 aliphatic carbocycles. The first-order valence-electron chi connectivity index (χ1n) is 11.8. The van der Waals surface area contributed by atoms with E-state index in [-0.39, 0.29) is 5.56 Å². The lowest BCUT2D eigenvalue weighted by atomic mass is 9.98. The Morgan fingerprint density at radius 2 is 1.83 bits per heavy atom. The zero-order valence-electron chi connectivity index (χ0n) is 20.0. The molecule has 4 aromatic rings. The molecule has 0 spiro atoms. The Bertz CT molecular complexity index is 1360. The van der Waals surface area contributed by atoms with Crippen molar-refractivity contribution in [1.29, 1.82) is 0 Å². The number of aromatic amines is 1. The van der Waals surface area contributed by atoms with Crippen LogP contribution >= 0.6 is 12.2 Å². The Kier molecular flexibility index (Phi) is 7.77. The van der Waals surface area contributed by atoms with Crippen molar-refractivity contribution >= 4 is 17.2 Å².